The molecule has 0 saturated carbocycles. The molecule has 94 valence electrons. The zero-order valence-corrected chi connectivity index (χ0v) is 11.3. The van der Waals surface area contributed by atoms with Gasteiger partial charge >= 0.3 is 0 Å². The van der Waals surface area contributed by atoms with Crippen molar-refractivity contribution >= 4 is 23.2 Å². The standard InChI is InChI=1S/C15H14Cl2O/c16-13-8-6-11(10-14(13)17)7-9-15(18)12-4-2-1-3-5-12/h1-6,8,10,15,18H,7,9H2. The summed E-state index contributed by atoms with van der Waals surface area (Å²) >= 11 is 11.8. The minimum Gasteiger partial charge on any atom is -0.388 e. The molecule has 1 N–H and O–H groups in total. The first-order valence-corrected chi connectivity index (χ1v) is 6.59. The van der Waals surface area contributed by atoms with Crippen LogP contribution in [-0.4, -0.2) is 5.11 Å². The molecule has 0 aromatic heterocycles. The van der Waals surface area contributed by atoms with E-state index < -0.39 is 6.10 Å². The summed E-state index contributed by atoms with van der Waals surface area (Å²) in [5, 5.41) is 11.2. The number of aliphatic hydroxyl groups is 1. The van der Waals surface area contributed by atoms with E-state index in [1.807, 2.05) is 42.5 Å². The largest absolute Gasteiger partial charge is 0.388 e. The lowest BCUT2D eigenvalue weighted by molar-refractivity contribution is 0.168. The molecule has 0 saturated heterocycles. The topological polar surface area (TPSA) is 20.2 Å². The number of hydrogen-bond acceptors (Lipinski definition) is 1. The van der Waals surface area contributed by atoms with Crippen LogP contribution < -0.4 is 0 Å². The maximum atomic E-state index is 10.0. The number of hydrogen-bond donors (Lipinski definition) is 1. The molecule has 2 rings (SSSR count). The molecule has 2 aromatic carbocycles. The van der Waals surface area contributed by atoms with Crippen LogP contribution in [0, 0.1) is 0 Å². The monoisotopic (exact) mass is 280 g/mol. The Balaban J connectivity index is 1.97. The summed E-state index contributed by atoms with van der Waals surface area (Å²) in [5.74, 6) is 0. The number of halogens is 2. The van der Waals surface area contributed by atoms with Crippen molar-refractivity contribution in [3.8, 4) is 0 Å². The maximum absolute atomic E-state index is 10.0. The van der Waals surface area contributed by atoms with E-state index >= 15 is 0 Å². The van der Waals surface area contributed by atoms with E-state index in [9.17, 15) is 5.11 Å². The average molecular weight is 281 g/mol. The van der Waals surface area contributed by atoms with Crippen LogP contribution in [0.15, 0.2) is 48.5 Å². The number of aliphatic hydroxyl groups excluding tert-OH is 1. The highest BCUT2D eigenvalue weighted by molar-refractivity contribution is 6.42. The molecule has 3 heteroatoms. The Hall–Kier alpha value is -1.02. The number of rotatable bonds is 4. The van der Waals surface area contributed by atoms with Crippen molar-refractivity contribution in [2.24, 2.45) is 0 Å². The van der Waals surface area contributed by atoms with Gasteiger partial charge in [-0.3, -0.25) is 0 Å². The maximum Gasteiger partial charge on any atom is 0.0793 e. The first kappa shape index (κ1) is 13.4. The van der Waals surface area contributed by atoms with Gasteiger partial charge in [-0.15, -0.1) is 0 Å². The Morgan fingerprint density at radius 1 is 0.944 bits per heavy atom. The second-order valence-electron chi connectivity index (χ2n) is 4.21. The van der Waals surface area contributed by atoms with Crippen LogP contribution >= 0.6 is 23.2 Å². The second-order valence-corrected chi connectivity index (χ2v) is 5.03. The second kappa shape index (κ2) is 6.24. The molecule has 2 aromatic rings. The van der Waals surface area contributed by atoms with Gasteiger partial charge in [-0.25, -0.2) is 0 Å². The molecular weight excluding hydrogens is 267 g/mol. The van der Waals surface area contributed by atoms with E-state index in [0.717, 1.165) is 17.5 Å². The highest BCUT2D eigenvalue weighted by atomic mass is 35.5. The third-order valence-electron chi connectivity index (χ3n) is 2.87. The molecule has 0 amide bonds. The molecule has 1 atom stereocenters. The van der Waals surface area contributed by atoms with Gasteiger partial charge in [0.1, 0.15) is 0 Å². The quantitative estimate of drug-likeness (QED) is 0.864. The lowest BCUT2D eigenvalue weighted by Crippen LogP contribution is -1.99. The van der Waals surface area contributed by atoms with E-state index in [2.05, 4.69) is 0 Å². The van der Waals surface area contributed by atoms with Crippen LogP contribution in [-0.2, 0) is 6.42 Å². The van der Waals surface area contributed by atoms with Crippen molar-refractivity contribution in [2.45, 2.75) is 18.9 Å². The summed E-state index contributed by atoms with van der Waals surface area (Å²) in [6.45, 7) is 0. The van der Waals surface area contributed by atoms with Gasteiger partial charge in [0.25, 0.3) is 0 Å². The molecule has 1 unspecified atom stereocenters. The SMILES string of the molecule is OC(CCc1ccc(Cl)c(Cl)c1)c1ccccc1. The molecule has 0 bridgehead atoms. The predicted molar refractivity (Wildman–Crippen MR) is 76.2 cm³/mol. The van der Waals surface area contributed by atoms with Crippen LogP contribution in [0.5, 0.6) is 0 Å². The van der Waals surface area contributed by atoms with Crippen LogP contribution in [0.4, 0.5) is 0 Å². The third kappa shape index (κ3) is 3.49. The Labute approximate surface area is 117 Å². The summed E-state index contributed by atoms with van der Waals surface area (Å²) in [5.41, 5.74) is 2.02. The Morgan fingerprint density at radius 2 is 1.67 bits per heavy atom. The molecule has 1 nitrogen and oxygen atoms in total. The highest BCUT2D eigenvalue weighted by Crippen LogP contribution is 2.25. The highest BCUT2D eigenvalue weighted by Gasteiger charge is 2.07. The summed E-state index contributed by atoms with van der Waals surface area (Å²) in [6.07, 6.45) is 0.996. The zero-order chi connectivity index (χ0) is 13.0. The van der Waals surface area contributed by atoms with Crippen LogP contribution in [0.1, 0.15) is 23.7 Å². The lowest BCUT2D eigenvalue weighted by Gasteiger charge is -2.11. The van der Waals surface area contributed by atoms with Crippen molar-refractivity contribution < 1.29 is 5.11 Å². The predicted octanol–water partition coefficient (Wildman–Crippen LogP) is 4.66. The van der Waals surface area contributed by atoms with Gasteiger partial charge < -0.3 is 5.11 Å². The normalized spacial score (nSPS) is 12.4. The van der Waals surface area contributed by atoms with Crippen molar-refractivity contribution in [1.29, 1.82) is 0 Å². The number of benzene rings is 2. The summed E-state index contributed by atoms with van der Waals surface area (Å²) in [6, 6.07) is 15.2. The fourth-order valence-electron chi connectivity index (χ4n) is 1.84. The Morgan fingerprint density at radius 3 is 2.33 bits per heavy atom. The molecular formula is C15H14Cl2O. The zero-order valence-electron chi connectivity index (χ0n) is 9.81. The third-order valence-corrected chi connectivity index (χ3v) is 3.61. The van der Waals surface area contributed by atoms with Crippen LogP contribution in [0.25, 0.3) is 0 Å². The van der Waals surface area contributed by atoms with Crippen LogP contribution in [0.2, 0.25) is 10.0 Å². The molecule has 0 heterocycles. The van der Waals surface area contributed by atoms with Crippen molar-refractivity contribution in [3.05, 3.63) is 69.7 Å². The Kier molecular flexibility index (Phi) is 4.65. The summed E-state index contributed by atoms with van der Waals surface area (Å²) in [4.78, 5) is 0. The van der Waals surface area contributed by atoms with Gasteiger partial charge in [-0.05, 0) is 36.1 Å². The van der Waals surface area contributed by atoms with E-state index in [4.69, 9.17) is 23.2 Å². The van der Waals surface area contributed by atoms with E-state index in [0.29, 0.717) is 16.5 Å². The number of aryl methyl sites for hydroxylation is 1. The fraction of sp³-hybridized carbons (Fsp3) is 0.200. The molecule has 18 heavy (non-hydrogen) atoms. The van der Waals surface area contributed by atoms with Gasteiger partial charge in [-0.1, -0.05) is 59.6 Å². The van der Waals surface area contributed by atoms with Gasteiger partial charge in [0.05, 0.1) is 16.1 Å². The van der Waals surface area contributed by atoms with E-state index in [-0.39, 0.29) is 0 Å². The summed E-state index contributed by atoms with van der Waals surface area (Å²) < 4.78 is 0. The molecule has 0 fully saturated rings. The molecule has 0 spiro atoms. The fourth-order valence-corrected chi connectivity index (χ4v) is 2.16. The molecule has 0 aliphatic rings. The smallest absolute Gasteiger partial charge is 0.0793 e. The van der Waals surface area contributed by atoms with Crippen molar-refractivity contribution in [3.63, 3.8) is 0 Å². The minimum atomic E-state index is -0.444. The molecule has 0 aliphatic heterocycles. The molecule has 0 aliphatic carbocycles. The minimum absolute atomic E-state index is 0.444. The first-order valence-electron chi connectivity index (χ1n) is 5.84. The molecule has 0 radical (unpaired) electrons. The van der Waals surface area contributed by atoms with Crippen molar-refractivity contribution in [1.82, 2.24) is 0 Å². The lowest BCUT2D eigenvalue weighted by atomic mass is 10.0. The van der Waals surface area contributed by atoms with E-state index in [1.165, 1.54) is 0 Å². The van der Waals surface area contributed by atoms with Gasteiger partial charge in [0, 0.05) is 0 Å². The van der Waals surface area contributed by atoms with Gasteiger partial charge in [0.2, 0.25) is 0 Å². The average Bonchev–Trinajstić information content (AvgIpc) is 2.41. The van der Waals surface area contributed by atoms with Crippen LogP contribution in [0.3, 0.4) is 0 Å². The summed E-state index contributed by atoms with van der Waals surface area (Å²) in [7, 11) is 0. The Bertz CT molecular complexity index is 511. The van der Waals surface area contributed by atoms with Crippen molar-refractivity contribution in [2.75, 3.05) is 0 Å². The van der Waals surface area contributed by atoms with Gasteiger partial charge in [-0.2, -0.15) is 0 Å². The van der Waals surface area contributed by atoms with E-state index in [1.54, 1.807) is 6.07 Å². The van der Waals surface area contributed by atoms with Gasteiger partial charge in [0.15, 0.2) is 0 Å². The first-order chi connectivity index (χ1) is 8.66.